The largest absolute Gasteiger partial charge is 0.371 e. The Morgan fingerprint density at radius 3 is 2.60 bits per heavy atom. The summed E-state index contributed by atoms with van der Waals surface area (Å²) in [6.45, 7) is 2.54. The summed E-state index contributed by atoms with van der Waals surface area (Å²) in [5.41, 5.74) is 1.00. The van der Waals surface area contributed by atoms with Gasteiger partial charge in [-0.3, -0.25) is 14.5 Å². The lowest BCUT2D eigenvalue weighted by Gasteiger charge is -2.28. The molecule has 1 fully saturated rings. The first kappa shape index (κ1) is 14.9. The number of hydrogen-bond donors (Lipinski definition) is 0. The van der Waals surface area contributed by atoms with Crippen LogP contribution in [-0.4, -0.2) is 36.3 Å². The molecule has 0 saturated carbocycles. The predicted octanol–water partition coefficient (Wildman–Crippen LogP) is 2.70. The fourth-order valence-corrected chi connectivity index (χ4v) is 2.47. The van der Waals surface area contributed by atoms with E-state index in [1.807, 2.05) is 43.1 Å². The van der Waals surface area contributed by atoms with Crippen molar-refractivity contribution >= 4 is 29.1 Å². The lowest BCUT2D eigenvalue weighted by Crippen LogP contribution is -2.38. The SMILES string of the molecule is C[C@@H](CC(=O)N1CCCC1=O)N(C)c1ccc(Cl)cc1. The number of benzene rings is 1. The number of amides is 2. The van der Waals surface area contributed by atoms with Gasteiger partial charge < -0.3 is 4.90 Å². The molecule has 1 aromatic carbocycles. The second kappa shape index (κ2) is 6.27. The highest BCUT2D eigenvalue weighted by Gasteiger charge is 2.27. The van der Waals surface area contributed by atoms with Gasteiger partial charge in [-0.05, 0) is 37.6 Å². The molecule has 0 N–H and O–H groups in total. The molecule has 0 radical (unpaired) electrons. The van der Waals surface area contributed by atoms with Gasteiger partial charge in [-0.1, -0.05) is 11.6 Å². The molecule has 4 nitrogen and oxygen atoms in total. The van der Waals surface area contributed by atoms with Crippen molar-refractivity contribution in [1.29, 1.82) is 0 Å². The number of imide groups is 1. The highest BCUT2D eigenvalue weighted by molar-refractivity contribution is 6.30. The number of anilines is 1. The zero-order chi connectivity index (χ0) is 14.7. The molecule has 0 bridgehead atoms. The van der Waals surface area contributed by atoms with E-state index in [4.69, 9.17) is 11.6 Å². The molecule has 0 unspecified atom stereocenters. The van der Waals surface area contributed by atoms with E-state index in [1.165, 1.54) is 4.90 Å². The van der Waals surface area contributed by atoms with Crippen LogP contribution in [0.1, 0.15) is 26.2 Å². The van der Waals surface area contributed by atoms with Gasteiger partial charge in [0.25, 0.3) is 0 Å². The van der Waals surface area contributed by atoms with Crippen LogP contribution >= 0.6 is 11.6 Å². The minimum Gasteiger partial charge on any atom is -0.371 e. The fourth-order valence-electron chi connectivity index (χ4n) is 2.34. The van der Waals surface area contributed by atoms with Gasteiger partial charge in [-0.2, -0.15) is 0 Å². The zero-order valence-electron chi connectivity index (χ0n) is 11.8. The van der Waals surface area contributed by atoms with Gasteiger partial charge in [0.05, 0.1) is 0 Å². The van der Waals surface area contributed by atoms with Crippen LogP contribution in [0.5, 0.6) is 0 Å². The Morgan fingerprint density at radius 2 is 2.05 bits per heavy atom. The maximum atomic E-state index is 12.1. The Morgan fingerprint density at radius 1 is 1.40 bits per heavy atom. The average Bonchev–Trinajstić information content (AvgIpc) is 2.85. The van der Waals surface area contributed by atoms with Crippen molar-refractivity contribution in [3.05, 3.63) is 29.3 Å². The molecule has 108 valence electrons. The fraction of sp³-hybridized carbons (Fsp3) is 0.467. The molecule has 0 aromatic heterocycles. The normalized spacial score (nSPS) is 16.4. The van der Waals surface area contributed by atoms with Crippen molar-refractivity contribution in [2.45, 2.75) is 32.2 Å². The van der Waals surface area contributed by atoms with E-state index in [9.17, 15) is 9.59 Å². The summed E-state index contributed by atoms with van der Waals surface area (Å²) in [4.78, 5) is 27.1. The highest BCUT2D eigenvalue weighted by Crippen LogP contribution is 2.20. The van der Waals surface area contributed by atoms with Gasteiger partial charge in [0.15, 0.2) is 0 Å². The topological polar surface area (TPSA) is 40.6 Å². The van der Waals surface area contributed by atoms with E-state index in [0.717, 1.165) is 12.1 Å². The minimum absolute atomic E-state index is 0.0251. The summed E-state index contributed by atoms with van der Waals surface area (Å²) in [5, 5.41) is 0.688. The van der Waals surface area contributed by atoms with Crippen molar-refractivity contribution in [1.82, 2.24) is 4.90 Å². The zero-order valence-corrected chi connectivity index (χ0v) is 12.6. The Balaban J connectivity index is 1.97. The van der Waals surface area contributed by atoms with Crippen LogP contribution in [0.15, 0.2) is 24.3 Å². The smallest absolute Gasteiger partial charge is 0.231 e. The molecule has 1 aliphatic heterocycles. The Bertz CT molecular complexity index is 501. The predicted molar refractivity (Wildman–Crippen MR) is 79.9 cm³/mol. The molecule has 1 aromatic rings. The number of carbonyl (C=O) groups excluding carboxylic acids is 2. The number of rotatable bonds is 4. The number of nitrogens with zero attached hydrogens (tertiary/aromatic N) is 2. The summed E-state index contributed by atoms with van der Waals surface area (Å²) >= 11 is 5.87. The molecule has 20 heavy (non-hydrogen) atoms. The van der Waals surface area contributed by atoms with E-state index >= 15 is 0 Å². The Hall–Kier alpha value is -1.55. The number of carbonyl (C=O) groups is 2. The van der Waals surface area contributed by atoms with Crippen LogP contribution in [0.3, 0.4) is 0 Å². The average molecular weight is 295 g/mol. The lowest BCUT2D eigenvalue weighted by molar-refractivity contribution is -0.141. The van der Waals surface area contributed by atoms with Gasteiger partial charge >= 0.3 is 0 Å². The van der Waals surface area contributed by atoms with Crippen molar-refractivity contribution in [3.8, 4) is 0 Å². The summed E-state index contributed by atoms with van der Waals surface area (Å²) in [6, 6.07) is 7.52. The molecular weight excluding hydrogens is 276 g/mol. The van der Waals surface area contributed by atoms with Crippen LogP contribution in [-0.2, 0) is 9.59 Å². The maximum absolute atomic E-state index is 12.1. The molecule has 1 heterocycles. The van der Waals surface area contributed by atoms with Gasteiger partial charge in [0.1, 0.15) is 0 Å². The summed E-state index contributed by atoms with van der Waals surface area (Å²) < 4.78 is 0. The van der Waals surface area contributed by atoms with E-state index in [1.54, 1.807) is 0 Å². The molecule has 1 aliphatic rings. The summed E-state index contributed by atoms with van der Waals surface area (Å²) in [5.74, 6) is -0.128. The molecule has 1 saturated heterocycles. The third kappa shape index (κ3) is 3.31. The third-order valence-corrected chi connectivity index (χ3v) is 3.99. The molecule has 5 heteroatoms. The van der Waals surface area contributed by atoms with E-state index < -0.39 is 0 Å². The molecule has 2 rings (SSSR count). The molecule has 0 spiro atoms. The first-order valence-electron chi connectivity index (χ1n) is 6.80. The van der Waals surface area contributed by atoms with Crippen molar-refractivity contribution in [3.63, 3.8) is 0 Å². The maximum Gasteiger partial charge on any atom is 0.231 e. The van der Waals surface area contributed by atoms with Crippen LogP contribution in [0, 0.1) is 0 Å². The molecule has 1 atom stereocenters. The number of hydrogen-bond acceptors (Lipinski definition) is 3. The molecular formula is C15H19ClN2O2. The van der Waals surface area contributed by atoms with Crippen LogP contribution in [0.4, 0.5) is 5.69 Å². The van der Waals surface area contributed by atoms with Gasteiger partial charge in [0.2, 0.25) is 11.8 Å². The first-order valence-corrected chi connectivity index (χ1v) is 7.18. The van der Waals surface area contributed by atoms with Gasteiger partial charge in [0, 0.05) is 43.2 Å². The molecule has 2 amide bonds. The monoisotopic (exact) mass is 294 g/mol. The van der Waals surface area contributed by atoms with Crippen molar-refractivity contribution in [2.24, 2.45) is 0 Å². The van der Waals surface area contributed by atoms with Crippen molar-refractivity contribution in [2.75, 3.05) is 18.5 Å². The van der Waals surface area contributed by atoms with Crippen molar-refractivity contribution < 1.29 is 9.59 Å². The van der Waals surface area contributed by atoms with Crippen LogP contribution < -0.4 is 4.90 Å². The second-order valence-corrected chi connectivity index (χ2v) is 5.62. The van der Waals surface area contributed by atoms with E-state index in [2.05, 4.69) is 0 Å². The summed E-state index contributed by atoms with van der Waals surface area (Å²) in [6.07, 6.45) is 1.62. The summed E-state index contributed by atoms with van der Waals surface area (Å²) in [7, 11) is 1.94. The van der Waals surface area contributed by atoms with Crippen LogP contribution in [0.25, 0.3) is 0 Å². The number of likely N-dealkylation sites (tertiary alicyclic amines) is 1. The van der Waals surface area contributed by atoms with E-state index in [-0.39, 0.29) is 17.9 Å². The Labute approximate surface area is 124 Å². The third-order valence-electron chi connectivity index (χ3n) is 3.74. The number of halogens is 1. The minimum atomic E-state index is -0.0826. The quantitative estimate of drug-likeness (QED) is 0.857. The Kier molecular flexibility index (Phi) is 4.65. The lowest BCUT2D eigenvalue weighted by atomic mass is 10.1. The standard InChI is InChI=1S/C15H19ClN2O2/c1-11(10-15(20)18-9-3-4-14(18)19)17(2)13-7-5-12(16)6-8-13/h5-8,11H,3-4,9-10H2,1-2H3/t11-/m0/s1. The first-order chi connectivity index (χ1) is 9.49. The molecule has 0 aliphatic carbocycles. The van der Waals surface area contributed by atoms with Crippen LogP contribution in [0.2, 0.25) is 5.02 Å². The van der Waals surface area contributed by atoms with Gasteiger partial charge in [-0.15, -0.1) is 0 Å². The van der Waals surface area contributed by atoms with E-state index in [0.29, 0.717) is 24.4 Å². The highest BCUT2D eigenvalue weighted by atomic mass is 35.5. The van der Waals surface area contributed by atoms with Gasteiger partial charge in [-0.25, -0.2) is 0 Å². The second-order valence-electron chi connectivity index (χ2n) is 5.18.